The summed E-state index contributed by atoms with van der Waals surface area (Å²) in [7, 11) is 0. The second-order valence-corrected chi connectivity index (χ2v) is 5.10. The normalized spacial score (nSPS) is 14.4. The summed E-state index contributed by atoms with van der Waals surface area (Å²) in [5.74, 6) is -2.67. The maximum atomic E-state index is 13.1. The molecule has 0 saturated carbocycles. The smallest absolute Gasteiger partial charge is 0.311 e. The van der Waals surface area contributed by atoms with Gasteiger partial charge in [-0.05, 0) is 38.1 Å². The monoisotopic (exact) mass is 334 g/mol. The molecule has 1 heterocycles. The first-order valence-corrected chi connectivity index (χ1v) is 7.78. The number of carbonyl (C=O) groups is 3. The average Bonchev–Trinajstić information content (AvgIpc) is 2.81. The van der Waals surface area contributed by atoms with Crippen molar-refractivity contribution in [3.63, 3.8) is 0 Å². The summed E-state index contributed by atoms with van der Waals surface area (Å²) in [4.78, 5) is 39.6. The van der Waals surface area contributed by atoms with Crippen LogP contribution in [0.3, 0.4) is 0 Å². The number of benzene rings is 1. The molecule has 7 heteroatoms. The summed E-state index contributed by atoms with van der Waals surface area (Å²) < 4.78 is 18.2. The molecule has 0 bridgehead atoms. The van der Waals surface area contributed by atoms with Gasteiger partial charge >= 0.3 is 11.9 Å². The molecule has 128 valence electrons. The largest absolute Gasteiger partial charge is 0.418 e. The van der Waals surface area contributed by atoms with E-state index in [-0.39, 0.29) is 23.6 Å². The zero-order chi connectivity index (χ0) is 17.9. The molecule has 0 unspecified atom stereocenters. The molecule has 2 rings (SSSR count). The van der Waals surface area contributed by atoms with Crippen molar-refractivity contribution in [2.45, 2.75) is 27.2 Å². The van der Waals surface area contributed by atoms with Crippen molar-refractivity contribution in [3.8, 4) is 0 Å². The SMILES string of the molecule is CCC(=O)OC1=C(N(CC)CC)C(=O)N(c2ccc(F)cc2)C1=O. The fourth-order valence-corrected chi connectivity index (χ4v) is 2.42. The van der Waals surface area contributed by atoms with Gasteiger partial charge in [0.05, 0.1) is 5.69 Å². The Balaban J connectivity index is 2.48. The number of hydrogen-bond donors (Lipinski definition) is 0. The van der Waals surface area contributed by atoms with Crippen molar-refractivity contribution >= 4 is 23.5 Å². The van der Waals surface area contributed by atoms with Crippen molar-refractivity contribution in [1.82, 2.24) is 4.90 Å². The second-order valence-electron chi connectivity index (χ2n) is 5.10. The predicted octanol–water partition coefficient (Wildman–Crippen LogP) is 2.21. The number of imide groups is 1. The van der Waals surface area contributed by atoms with Gasteiger partial charge in [0.25, 0.3) is 5.91 Å². The Labute approximate surface area is 139 Å². The zero-order valence-electron chi connectivity index (χ0n) is 13.8. The predicted molar refractivity (Wildman–Crippen MR) is 85.2 cm³/mol. The average molecular weight is 334 g/mol. The van der Waals surface area contributed by atoms with Gasteiger partial charge in [-0.15, -0.1) is 0 Å². The summed E-state index contributed by atoms with van der Waals surface area (Å²) in [6.45, 7) is 6.19. The molecule has 0 fully saturated rings. The van der Waals surface area contributed by atoms with Crippen LogP contribution in [-0.2, 0) is 19.1 Å². The number of rotatable bonds is 6. The van der Waals surface area contributed by atoms with Crippen LogP contribution in [0.15, 0.2) is 35.7 Å². The molecule has 1 aliphatic heterocycles. The number of carbonyl (C=O) groups excluding carboxylic acids is 3. The molecule has 0 aromatic heterocycles. The maximum Gasteiger partial charge on any atom is 0.311 e. The van der Waals surface area contributed by atoms with Gasteiger partial charge in [0, 0.05) is 19.5 Å². The van der Waals surface area contributed by atoms with Gasteiger partial charge in [-0.2, -0.15) is 0 Å². The minimum absolute atomic E-state index is 0.0520. The van der Waals surface area contributed by atoms with Crippen LogP contribution in [0, 0.1) is 5.82 Å². The molecule has 1 aromatic rings. The molecule has 0 atom stereocenters. The molecule has 2 amide bonds. The lowest BCUT2D eigenvalue weighted by molar-refractivity contribution is -0.142. The third-order valence-electron chi connectivity index (χ3n) is 3.69. The molecule has 6 nitrogen and oxygen atoms in total. The van der Waals surface area contributed by atoms with E-state index in [1.165, 1.54) is 12.1 Å². The number of hydrogen-bond acceptors (Lipinski definition) is 5. The number of likely N-dealkylation sites (N-methyl/N-ethyl adjacent to an activating group) is 1. The Morgan fingerprint density at radius 2 is 1.67 bits per heavy atom. The van der Waals surface area contributed by atoms with Crippen LogP contribution in [0.1, 0.15) is 27.2 Å². The fourth-order valence-electron chi connectivity index (χ4n) is 2.42. The minimum atomic E-state index is -0.727. The first kappa shape index (κ1) is 17.7. The molecule has 1 aromatic carbocycles. The minimum Gasteiger partial charge on any atom is -0.418 e. The molecule has 24 heavy (non-hydrogen) atoms. The number of halogens is 1. The highest BCUT2D eigenvalue weighted by atomic mass is 19.1. The van der Waals surface area contributed by atoms with Gasteiger partial charge in [-0.1, -0.05) is 6.92 Å². The molecule has 0 spiro atoms. The Hall–Kier alpha value is -2.70. The Kier molecular flexibility index (Phi) is 5.33. The van der Waals surface area contributed by atoms with Crippen LogP contribution in [0.25, 0.3) is 0 Å². The molecular formula is C17H19FN2O4. The number of anilines is 1. The quantitative estimate of drug-likeness (QED) is 0.589. The van der Waals surface area contributed by atoms with Crippen LogP contribution in [0.2, 0.25) is 0 Å². The van der Waals surface area contributed by atoms with E-state index >= 15 is 0 Å². The molecule has 0 radical (unpaired) electrons. The van der Waals surface area contributed by atoms with E-state index < -0.39 is 23.6 Å². The van der Waals surface area contributed by atoms with Crippen LogP contribution in [0.5, 0.6) is 0 Å². The summed E-state index contributed by atoms with van der Waals surface area (Å²) in [5.41, 5.74) is 0.273. The van der Waals surface area contributed by atoms with Crippen molar-refractivity contribution in [1.29, 1.82) is 0 Å². The van der Waals surface area contributed by atoms with Gasteiger partial charge in [-0.25, -0.2) is 9.29 Å². The lowest BCUT2D eigenvalue weighted by atomic mass is 10.3. The van der Waals surface area contributed by atoms with Gasteiger partial charge in [0.1, 0.15) is 5.82 Å². The third-order valence-corrected chi connectivity index (χ3v) is 3.69. The number of nitrogens with zero attached hydrogens (tertiary/aromatic N) is 2. The van der Waals surface area contributed by atoms with Crippen LogP contribution < -0.4 is 4.90 Å². The van der Waals surface area contributed by atoms with Gasteiger partial charge in [0.15, 0.2) is 5.70 Å². The molecule has 0 saturated heterocycles. The first-order valence-electron chi connectivity index (χ1n) is 7.78. The number of ether oxygens (including phenoxy) is 1. The van der Waals surface area contributed by atoms with E-state index in [1.54, 1.807) is 11.8 Å². The second kappa shape index (κ2) is 7.25. The Bertz CT molecular complexity index is 693. The van der Waals surface area contributed by atoms with Crippen molar-refractivity contribution in [3.05, 3.63) is 41.5 Å². The highest BCUT2D eigenvalue weighted by Crippen LogP contribution is 2.30. The van der Waals surface area contributed by atoms with E-state index in [1.807, 2.05) is 13.8 Å². The van der Waals surface area contributed by atoms with Gasteiger partial charge < -0.3 is 9.64 Å². The summed E-state index contributed by atoms with van der Waals surface area (Å²) in [6.07, 6.45) is 0.0764. The molecule has 0 aliphatic carbocycles. The standard InChI is InChI=1S/C17H19FN2O4/c1-4-13(21)24-15-14(19(5-2)6-3)16(22)20(17(15)23)12-9-7-11(18)8-10-12/h7-10H,4-6H2,1-3H3. The highest BCUT2D eigenvalue weighted by Gasteiger charge is 2.43. The lowest BCUT2D eigenvalue weighted by Crippen LogP contribution is -2.35. The Morgan fingerprint density at radius 3 is 2.17 bits per heavy atom. The topological polar surface area (TPSA) is 66.9 Å². The zero-order valence-corrected chi connectivity index (χ0v) is 13.8. The van der Waals surface area contributed by atoms with E-state index in [0.29, 0.717) is 13.1 Å². The van der Waals surface area contributed by atoms with Crippen molar-refractivity contribution < 1.29 is 23.5 Å². The highest BCUT2D eigenvalue weighted by molar-refractivity contribution is 6.32. The molecule has 1 aliphatic rings. The molecule has 0 N–H and O–H groups in total. The van der Waals surface area contributed by atoms with Crippen LogP contribution >= 0.6 is 0 Å². The van der Waals surface area contributed by atoms with E-state index in [0.717, 1.165) is 17.0 Å². The maximum absolute atomic E-state index is 13.1. The number of esters is 1. The summed E-state index contributed by atoms with van der Waals surface area (Å²) in [6, 6.07) is 4.97. The van der Waals surface area contributed by atoms with Crippen molar-refractivity contribution in [2.24, 2.45) is 0 Å². The van der Waals surface area contributed by atoms with Gasteiger partial charge in [-0.3, -0.25) is 14.4 Å². The van der Waals surface area contributed by atoms with Crippen molar-refractivity contribution in [2.75, 3.05) is 18.0 Å². The Morgan fingerprint density at radius 1 is 1.08 bits per heavy atom. The van der Waals surface area contributed by atoms with Crippen LogP contribution in [-0.4, -0.2) is 35.8 Å². The fraction of sp³-hybridized carbons (Fsp3) is 0.353. The molecular weight excluding hydrogens is 315 g/mol. The third kappa shape index (κ3) is 3.15. The van der Waals surface area contributed by atoms with E-state index in [2.05, 4.69) is 0 Å². The van der Waals surface area contributed by atoms with E-state index in [4.69, 9.17) is 4.74 Å². The van der Waals surface area contributed by atoms with Gasteiger partial charge in [0.2, 0.25) is 5.76 Å². The summed E-state index contributed by atoms with van der Waals surface area (Å²) >= 11 is 0. The van der Waals surface area contributed by atoms with Crippen LogP contribution in [0.4, 0.5) is 10.1 Å². The van der Waals surface area contributed by atoms with E-state index in [9.17, 15) is 18.8 Å². The lowest BCUT2D eigenvalue weighted by Gasteiger charge is -2.22. The first-order chi connectivity index (χ1) is 11.4. The summed E-state index contributed by atoms with van der Waals surface area (Å²) in [5, 5.41) is 0. The number of amides is 2.